The van der Waals surface area contributed by atoms with E-state index in [0.29, 0.717) is 17.9 Å². The lowest BCUT2D eigenvalue weighted by Gasteiger charge is -2.24. The average molecular weight is 359 g/mol. The summed E-state index contributed by atoms with van der Waals surface area (Å²) in [7, 11) is -2.02. The van der Waals surface area contributed by atoms with Crippen molar-refractivity contribution < 1.29 is 17.9 Å². The molecule has 0 saturated carbocycles. The Morgan fingerprint density at radius 3 is 2.52 bits per heavy atom. The van der Waals surface area contributed by atoms with Gasteiger partial charge in [-0.3, -0.25) is 4.79 Å². The fourth-order valence-corrected chi connectivity index (χ4v) is 4.89. The molecule has 1 atom stereocenters. The molecule has 132 valence electrons. The van der Waals surface area contributed by atoms with Gasteiger partial charge in [-0.05, 0) is 49.6 Å². The smallest absolute Gasteiger partial charge is 0.243 e. The number of ketones is 1. The lowest BCUT2D eigenvalue weighted by Crippen LogP contribution is -2.30. The zero-order chi connectivity index (χ0) is 18.0. The molecule has 0 aromatic heterocycles. The molecule has 0 N–H and O–H groups in total. The fourth-order valence-electron chi connectivity index (χ4n) is 3.21. The lowest BCUT2D eigenvalue weighted by atomic mass is 10.1. The maximum absolute atomic E-state index is 13.1. The second-order valence-electron chi connectivity index (χ2n) is 6.13. The molecule has 5 nitrogen and oxygen atoms in total. The Hall–Kier alpha value is -2.18. The molecule has 1 aliphatic rings. The van der Waals surface area contributed by atoms with Crippen molar-refractivity contribution in [2.24, 2.45) is 0 Å². The molecule has 0 amide bonds. The van der Waals surface area contributed by atoms with E-state index >= 15 is 0 Å². The van der Waals surface area contributed by atoms with E-state index in [0.717, 1.165) is 18.4 Å². The van der Waals surface area contributed by atoms with Gasteiger partial charge in [0, 0.05) is 12.1 Å². The number of Topliss-reactive ketones (excluding diaryl/α,β-unsaturated/α-hetero) is 1. The van der Waals surface area contributed by atoms with Gasteiger partial charge in [0.05, 0.1) is 18.0 Å². The zero-order valence-electron chi connectivity index (χ0n) is 14.3. The quantitative estimate of drug-likeness (QED) is 0.768. The minimum Gasteiger partial charge on any atom is -0.497 e. The highest BCUT2D eigenvalue weighted by Gasteiger charge is 2.36. The number of benzene rings is 2. The first-order valence-corrected chi connectivity index (χ1v) is 9.64. The van der Waals surface area contributed by atoms with Gasteiger partial charge < -0.3 is 4.74 Å². The van der Waals surface area contributed by atoms with Crippen LogP contribution in [0, 0.1) is 0 Å². The van der Waals surface area contributed by atoms with Crippen LogP contribution in [0.5, 0.6) is 5.75 Å². The summed E-state index contributed by atoms with van der Waals surface area (Å²) in [6, 6.07) is 13.5. The van der Waals surface area contributed by atoms with Crippen molar-refractivity contribution >= 4 is 15.8 Å². The topological polar surface area (TPSA) is 63.7 Å². The molecule has 1 heterocycles. The number of hydrogen-bond acceptors (Lipinski definition) is 4. The zero-order valence-corrected chi connectivity index (χ0v) is 15.1. The van der Waals surface area contributed by atoms with Crippen LogP contribution in [0.25, 0.3) is 0 Å². The molecule has 0 aliphatic carbocycles. The second-order valence-corrected chi connectivity index (χ2v) is 8.02. The number of nitrogens with zero attached hydrogens (tertiary/aromatic N) is 1. The van der Waals surface area contributed by atoms with E-state index in [1.165, 1.54) is 19.1 Å². The molecule has 0 radical (unpaired) electrons. The predicted molar refractivity (Wildman–Crippen MR) is 95.3 cm³/mol. The molecule has 2 aromatic carbocycles. The molecule has 0 spiro atoms. The highest BCUT2D eigenvalue weighted by Crippen LogP contribution is 2.37. The molecule has 2 aromatic rings. The minimum atomic E-state index is -3.62. The van der Waals surface area contributed by atoms with Crippen LogP contribution in [-0.2, 0) is 10.0 Å². The SMILES string of the molecule is COc1cccc(C2CCCN2S(=O)(=O)c2ccc(C(C)=O)cc2)c1. The number of sulfonamides is 1. The van der Waals surface area contributed by atoms with Crippen LogP contribution in [0.3, 0.4) is 0 Å². The van der Waals surface area contributed by atoms with Crippen molar-refractivity contribution in [3.05, 3.63) is 59.7 Å². The molecular formula is C19H21NO4S. The first-order chi connectivity index (χ1) is 11.9. The van der Waals surface area contributed by atoms with Gasteiger partial charge in [-0.1, -0.05) is 24.3 Å². The summed E-state index contributed by atoms with van der Waals surface area (Å²) in [4.78, 5) is 11.6. The third-order valence-corrected chi connectivity index (χ3v) is 6.47. The third kappa shape index (κ3) is 3.45. The van der Waals surface area contributed by atoms with Crippen LogP contribution in [0.15, 0.2) is 53.4 Å². The molecule has 3 rings (SSSR count). The summed E-state index contributed by atoms with van der Waals surface area (Å²) in [6.07, 6.45) is 1.59. The van der Waals surface area contributed by atoms with Crippen molar-refractivity contribution in [1.82, 2.24) is 4.31 Å². The average Bonchev–Trinajstić information content (AvgIpc) is 3.12. The first-order valence-electron chi connectivity index (χ1n) is 8.20. The molecule has 0 bridgehead atoms. The van der Waals surface area contributed by atoms with Crippen LogP contribution in [0.1, 0.15) is 41.7 Å². The van der Waals surface area contributed by atoms with E-state index in [4.69, 9.17) is 4.74 Å². The summed E-state index contributed by atoms with van der Waals surface area (Å²) in [5.41, 5.74) is 1.44. The molecular weight excluding hydrogens is 338 g/mol. The Morgan fingerprint density at radius 1 is 1.16 bits per heavy atom. The van der Waals surface area contributed by atoms with Gasteiger partial charge in [-0.25, -0.2) is 8.42 Å². The maximum Gasteiger partial charge on any atom is 0.243 e. The molecule has 1 fully saturated rings. The summed E-state index contributed by atoms with van der Waals surface area (Å²) in [6.45, 7) is 1.95. The normalized spacial score (nSPS) is 18.2. The van der Waals surface area contributed by atoms with E-state index in [2.05, 4.69) is 0 Å². The van der Waals surface area contributed by atoms with E-state index in [1.807, 2.05) is 24.3 Å². The Bertz CT molecular complexity index is 875. The highest BCUT2D eigenvalue weighted by molar-refractivity contribution is 7.89. The maximum atomic E-state index is 13.1. The number of carbonyl (C=O) groups is 1. The number of methoxy groups -OCH3 is 1. The van der Waals surface area contributed by atoms with Crippen molar-refractivity contribution in [2.75, 3.05) is 13.7 Å². The Morgan fingerprint density at radius 2 is 1.88 bits per heavy atom. The minimum absolute atomic E-state index is 0.0839. The van der Waals surface area contributed by atoms with E-state index < -0.39 is 10.0 Å². The van der Waals surface area contributed by atoms with Crippen molar-refractivity contribution in [2.45, 2.75) is 30.7 Å². The lowest BCUT2D eigenvalue weighted by molar-refractivity contribution is 0.101. The number of carbonyl (C=O) groups excluding carboxylic acids is 1. The first kappa shape index (κ1) is 17.6. The third-order valence-electron chi connectivity index (χ3n) is 4.55. The van der Waals surface area contributed by atoms with Gasteiger partial charge in [-0.2, -0.15) is 4.31 Å². The fraction of sp³-hybridized carbons (Fsp3) is 0.316. The molecule has 6 heteroatoms. The van der Waals surface area contributed by atoms with Crippen LogP contribution in [-0.4, -0.2) is 32.2 Å². The number of hydrogen-bond donors (Lipinski definition) is 0. The van der Waals surface area contributed by atoms with Gasteiger partial charge in [-0.15, -0.1) is 0 Å². The number of rotatable bonds is 5. The standard InChI is InChI=1S/C19H21NO4S/c1-14(21)15-8-10-18(11-9-15)25(22,23)20-12-4-7-19(20)16-5-3-6-17(13-16)24-2/h3,5-6,8-11,13,19H,4,7,12H2,1-2H3. The Balaban J connectivity index is 1.93. The van der Waals surface area contributed by atoms with Gasteiger partial charge in [0.2, 0.25) is 10.0 Å². The Kier molecular flexibility index (Phi) is 4.92. The molecule has 1 saturated heterocycles. The monoisotopic (exact) mass is 359 g/mol. The van der Waals surface area contributed by atoms with E-state index in [-0.39, 0.29) is 16.7 Å². The molecule has 1 aliphatic heterocycles. The summed E-state index contributed by atoms with van der Waals surface area (Å²) < 4.78 is 32.9. The predicted octanol–water partition coefficient (Wildman–Crippen LogP) is 3.42. The summed E-state index contributed by atoms with van der Waals surface area (Å²) >= 11 is 0. The molecule has 1 unspecified atom stereocenters. The molecule has 25 heavy (non-hydrogen) atoms. The Labute approximate surface area is 148 Å². The van der Waals surface area contributed by atoms with Crippen LogP contribution in [0.4, 0.5) is 0 Å². The van der Waals surface area contributed by atoms with Gasteiger partial charge in [0.15, 0.2) is 5.78 Å². The van der Waals surface area contributed by atoms with Gasteiger partial charge >= 0.3 is 0 Å². The largest absolute Gasteiger partial charge is 0.497 e. The van der Waals surface area contributed by atoms with E-state index in [1.54, 1.807) is 23.5 Å². The number of ether oxygens (including phenoxy) is 1. The van der Waals surface area contributed by atoms with Crippen molar-refractivity contribution in [1.29, 1.82) is 0 Å². The van der Waals surface area contributed by atoms with Crippen molar-refractivity contribution in [3.63, 3.8) is 0 Å². The van der Waals surface area contributed by atoms with Crippen LogP contribution < -0.4 is 4.74 Å². The van der Waals surface area contributed by atoms with E-state index in [9.17, 15) is 13.2 Å². The highest BCUT2D eigenvalue weighted by atomic mass is 32.2. The van der Waals surface area contributed by atoms with Crippen LogP contribution in [0.2, 0.25) is 0 Å². The van der Waals surface area contributed by atoms with Crippen molar-refractivity contribution in [3.8, 4) is 5.75 Å². The summed E-state index contributed by atoms with van der Waals surface area (Å²) in [5, 5.41) is 0. The van der Waals surface area contributed by atoms with Gasteiger partial charge in [0.1, 0.15) is 5.75 Å². The second kappa shape index (κ2) is 6.98. The summed E-state index contributed by atoms with van der Waals surface area (Å²) in [5.74, 6) is 0.631. The van der Waals surface area contributed by atoms with Crippen LogP contribution >= 0.6 is 0 Å². The van der Waals surface area contributed by atoms with Gasteiger partial charge in [0.25, 0.3) is 0 Å².